The number of nitrogens with zero attached hydrogens (tertiary/aromatic N) is 4. The van der Waals surface area contributed by atoms with Crippen LogP contribution in [0.2, 0.25) is 0 Å². The Morgan fingerprint density at radius 3 is 1.24 bits per heavy atom. The molecule has 0 atom stereocenters. The third-order valence-corrected chi connectivity index (χ3v) is 12.1. The zero-order chi connectivity index (χ0) is 41.0. The van der Waals surface area contributed by atoms with E-state index in [-0.39, 0.29) is 0 Å². The van der Waals surface area contributed by atoms with Crippen LogP contribution in [0.15, 0.2) is 231 Å². The monoisotopic (exact) mass is 790 g/mol. The van der Waals surface area contributed by atoms with Gasteiger partial charge in [0.25, 0.3) is 0 Å². The summed E-state index contributed by atoms with van der Waals surface area (Å²) in [6.45, 7) is 0. The highest BCUT2D eigenvalue weighted by molar-refractivity contribution is 6.19. The summed E-state index contributed by atoms with van der Waals surface area (Å²) in [6.07, 6.45) is 0. The van der Waals surface area contributed by atoms with Crippen molar-refractivity contribution in [3.05, 3.63) is 231 Å². The zero-order valence-corrected chi connectivity index (χ0v) is 33.7. The van der Waals surface area contributed by atoms with Crippen LogP contribution >= 0.6 is 0 Å². The quantitative estimate of drug-likeness (QED) is 0.161. The Balaban J connectivity index is 1.21. The van der Waals surface area contributed by atoms with Gasteiger partial charge in [-0.25, -0.2) is 9.97 Å². The van der Waals surface area contributed by atoms with E-state index in [1.54, 1.807) is 0 Å². The molecule has 12 aromatic rings. The van der Waals surface area contributed by atoms with Gasteiger partial charge in [0.15, 0.2) is 5.82 Å². The lowest BCUT2D eigenvalue weighted by molar-refractivity contribution is 1.16. The van der Waals surface area contributed by atoms with E-state index in [4.69, 9.17) is 9.97 Å². The van der Waals surface area contributed by atoms with E-state index in [9.17, 15) is 0 Å². The Kier molecular flexibility index (Phi) is 8.46. The van der Waals surface area contributed by atoms with E-state index >= 15 is 0 Å². The normalized spacial score (nSPS) is 11.5. The third kappa shape index (κ3) is 5.92. The van der Waals surface area contributed by atoms with Crippen LogP contribution in [-0.2, 0) is 0 Å². The molecule has 0 saturated carbocycles. The van der Waals surface area contributed by atoms with Crippen molar-refractivity contribution in [1.29, 1.82) is 0 Å². The van der Waals surface area contributed by atoms with E-state index in [1.165, 1.54) is 27.1 Å². The SMILES string of the molecule is c1ccc(-c2cc(-c3cc(-c4ccccc4)c(-n4c5ccccc5c5cc6c7ccccc7n(-c7ccccc7)c6cc54)c(-c4ccccc4)c3)nc(-c3ccccc3)n2)cc1. The Labute approximate surface area is 359 Å². The van der Waals surface area contributed by atoms with Gasteiger partial charge in [0.1, 0.15) is 0 Å². The van der Waals surface area contributed by atoms with Crippen molar-refractivity contribution in [1.82, 2.24) is 19.1 Å². The van der Waals surface area contributed by atoms with Crippen LogP contribution in [0.3, 0.4) is 0 Å². The van der Waals surface area contributed by atoms with Gasteiger partial charge in [-0.1, -0.05) is 176 Å². The number of benzene rings is 9. The molecule has 290 valence electrons. The van der Waals surface area contributed by atoms with Crippen molar-refractivity contribution in [2.24, 2.45) is 0 Å². The van der Waals surface area contributed by atoms with E-state index < -0.39 is 0 Å². The molecule has 62 heavy (non-hydrogen) atoms. The second-order valence-corrected chi connectivity index (χ2v) is 15.8. The fraction of sp³-hybridized carbons (Fsp3) is 0. The van der Waals surface area contributed by atoms with Crippen molar-refractivity contribution in [2.75, 3.05) is 0 Å². The van der Waals surface area contributed by atoms with Gasteiger partial charge in [0, 0.05) is 55.0 Å². The molecule has 0 spiro atoms. The molecular weight excluding hydrogens is 753 g/mol. The summed E-state index contributed by atoms with van der Waals surface area (Å²) in [5.74, 6) is 0.689. The molecule has 9 aromatic carbocycles. The highest BCUT2D eigenvalue weighted by Gasteiger charge is 2.24. The fourth-order valence-corrected chi connectivity index (χ4v) is 9.29. The molecule has 0 aliphatic heterocycles. The molecule has 4 heteroatoms. The van der Waals surface area contributed by atoms with Crippen LogP contribution in [0.25, 0.3) is 111 Å². The maximum atomic E-state index is 5.33. The second kappa shape index (κ2) is 14.7. The van der Waals surface area contributed by atoms with Gasteiger partial charge in [0.2, 0.25) is 0 Å². The molecule has 0 bridgehead atoms. The Hall–Kier alpha value is -8.34. The minimum absolute atomic E-state index is 0.689. The first kappa shape index (κ1) is 35.6. The van der Waals surface area contributed by atoms with Gasteiger partial charge in [-0.2, -0.15) is 0 Å². The number of hydrogen-bond donors (Lipinski definition) is 0. The topological polar surface area (TPSA) is 35.6 Å². The summed E-state index contributed by atoms with van der Waals surface area (Å²) in [4.78, 5) is 10.5. The summed E-state index contributed by atoms with van der Waals surface area (Å²) < 4.78 is 4.92. The highest BCUT2D eigenvalue weighted by Crippen LogP contribution is 2.46. The van der Waals surface area contributed by atoms with Gasteiger partial charge in [-0.3, -0.25) is 0 Å². The first-order valence-electron chi connectivity index (χ1n) is 21.1. The minimum Gasteiger partial charge on any atom is -0.309 e. The Morgan fingerprint density at radius 2 is 0.694 bits per heavy atom. The average molecular weight is 791 g/mol. The standard InChI is InChI=1S/C58H38N4/c1-6-20-39(21-7-1)47-34-43(52-37-51(41-24-10-3-11-25-41)59-58(60-52)42-26-12-4-13-27-42)35-48(40-22-8-2-9-23-40)57(47)62-54-33-19-17-31-46(54)50-36-49-45-30-16-18-32-53(45)61(55(49)38-56(50)62)44-28-14-5-15-29-44/h1-38H. The lowest BCUT2D eigenvalue weighted by Gasteiger charge is -2.21. The highest BCUT2D eigenvalue weighted by atomic mass is 15.0. The fourth-order valence-electron chi connectivity index (χ4n) is 9.29. The molecule has 4 nitrogen and oxygen atoms in total. The third-order valence-electron chi connectivity index (χ3n) is 12.1. The lowest BCUT2D eigenvalue weighted by Crippen LogP contribution is -2.03. The molecule has 3 aromatic heterocycles. The predicted octanol–water partition coefficient (Wildman–Crippen LogP) is 15.0. The van der Waals surface area contributed by atoms with Gasteiger partial charge >= 0.3 is 0 Å². The Morgan fingerprint density at radius 1 is 0.274 bits per heavy atom. The van der Waals surface area contributed by atoms with Crippen LogP contribution < -0.4 is 0 Å². The van der Waals surface area contributed by atoms with Gasteiger partial charge in [-0.15, -0.1) is 0 Å². The summed E-state index contributed by atoms with van der Waals surface area (Å²) >= 11 is 0. The number of para-hydroxylation sites is 3. The Bertz CT molecular complexity index is 3470. The molecule has 0 N–H and O–H groups in total. The van der Waals surface area contributed by atoms with E-state index in [0.29, 0.717) is 5.82 Å². The largest absolute Gasteiger partial charge is 0.309 e. The van der Waals surface area contributed by atoms with E-state index in [2.05, 4.69) is 215 Å². The van der Waals surface area contributed by atoms with Crippen LogP contribution in [0.5, 0.6) is 0 Å². The number of fused-ring (bicyclic) bond motifs is 6. The smallest absolute Gasteiger partial charge is 0.160 e. The number of rotatable bonds is 7. The van der Waals surface area contributed by atoms with Gasteiger partial charge < -0.3 is 9.13 Å². The summed E-state index contributed by atoms with van der Waals surface area (Å²) in [5, 5.41) is 4.88. The minimum atomic E-state index is 0.689. The molecule has 0 aliphatic carbocycles. The first-order valence-corrected chi connectivity index (χ1v) is 21.1. The van der Waals surface area contributed by atoms with Crippen molar-refractivity contribution < 1.29 is 0 Å². The molecule has 12 rings (SSSR count). The van der Waals surface area contributed by atoms with Crippen molar-refractivity contribution >= 4 is 43.6 Å². The summed E-state index contributed by atoms with van der Waals surface area (Å²) in [5.41, 5.74) is 16.1. The van der Waals surface area contributed by atoms with Crippen molar-refractivity contribution in [3.63, 3.8) is 0 Å². The molecule has 0 saturated heterocycles. The molecule has 0 aliphatic rings. The van der Waals surface area contributed by atoms with Gasteiger partial charge in [0.05, 0.1) is 39.1 Å². The van der Waals surface area contributed by atoms with Crippen LogP contribution in [0.1, 0.15) is 0 Å². The van der Waals surface area contributed by atoms with Crippen LogP contribution in [0, 0.1) is 0 Å². The van der Waals surface area contributed by atoms with Crippen molar-refractivity contribution in [3.8, 4) is 67.5 Å². The molecule has 0 unspecified atom stereocenters. The van der Waals surface area contributed by atoms with Gasteiger partial charge in [-0.05, 0) is 65.7 Å². The second-order valence-electron chi connectivity index (χ2n) is 15.8. The lowest BCUT2D eigenvalue weighted by atomic mass is 9.91. The first-order chi connectivity index (χ1) is 30.8. The number of hydrogen-bond acceptors (Lipinski definition) is 2. The average Bonchev–Trinajstić information content (AvgIpc) is 3.85. The molecule has 0 amide bonds. The van der Waals surface area contributed by atoms with Crippen molar-refractivity contribution in [2.45, 2.75) is 0 Å². The van der Waals surface area contributed by atoms with Crippen LogP contribution in [-0.4, -0.2) is 19.1 Å². The summed E-state index contributed by atoms with van der Waals surface area (Å²) in [7, 11) is 0. The zero-order valence-electron chi connectivity index (χ0n) is 33.7. The summed E-state index contributed by atoms with van der Waals surface area (Å²) in [6, 6.07) is 82.3. The molecule has 0 fully saturated rings. The van der Waals surface area contributed by atoms with Crippen LogP contribution in [0.4, 0.5) is 0 Å². The molecule has 0 radical (unpaired) electrons. The van der Waals surface area contributed by atoms with E-state index in [1.807, 2.05) is 24.3 Å². The predicted molar refractivity (Wildman–Crippen MR) is 258 cm³/mol. The number of aromatic nitrogens is 4. The maximum Gasteiger partial charge on any atom is 0.160 e. The van der Waals surface area contributed by atoms with E-state index in [0.717, 1.165) is 78.3 Å². The molecular formula is C58H38N4. The maximum absolute atomic E-state index is 5.33. The molecule has 3 heterocycles.